The number of nitrogens with one attached hydrogen (secondary N) is 1. The molecule has 1 N–H and O–H groups in total. The van der Waals surface area contributed by atoms with Crippen LogP contribution in [-0.4, -0.2) is 34.6 Å². The normalized spacial score (nSPS) is 21.2. The van der Waals surface area contributed by atoms with Crippen LogP contribution in [0.15, 0.2) is 42.5 Å². The van der Waals surface area contributed by atoms with Crippen molar-refractivity contribution in [2.75, 3.05) is 0 Å². The second-order valence-electron chi connectivity index (χ2n) is 11.0. The van der Waals surface area contributed by atoms with Crippen LogP contribution in [0, 0.1) is 29.4 Å². The standard InChI is InChI=1S/C29H34F2N2O3/c1-16(2)11-24-28(35)32-26(21-13-18-7-5-6-8-19(18)14-21)29(36)33(24)27(25(34)12-17(3)4)20-9-10-22(30)23(31)15-20/h5-10,15-17,21,24,26-27H,11-14H2,1-4H3,(H,32,35)/t24-,26-,27-/m1/s1. The number of amides is 2. The van der Waals surface area contributed by atoms with E-state index in [1.54, 1.807) is 0 Å². The summed E-state index contributed by atoms with van der Waals surface area (Å²) in [5.41, 5.74) is 2.48. The summed E-state index contributed by atoms with van der Waals surface area (Å²) < 4.78 is 28.1. The van der Waals surface area contributed by atoms with Crippen molar-refractivity contribution in [2.45, 2.75) is 71.5 Å². The average Bonchev–Trinajstić information content (AvgIpc) is 3.23. The van der Waals surface area contributed by atoms with Gasteiger partial charge in [0.05, 0.1) is 0 Å². The number of halogens is 2. The van der Waals surface area contributed by atoms with E-state index in [4.69, 9.17) is 0 Å². The number of hydrogen-bond donors (Lipinski definition) is 1. The quantitative estimate of drug-likeness (QED) is 0.572. The first-order valence-electron chi connectivity index (χ1n) is 12.7. The topological polar surface area (TPSA) is 66.5 Å². The zero-order chi connectivity index (χ0) is 26.1. The van der Waals surface area contributed by atoms with E-state index >= 15 is 0 Å². The maximum atomic E-state index is 14.3. The Kier molecular flexibility index (Phi) is 7.57. The van der Waals surface area contributed by atoms with Crippen molar-refractivity contribution in [1.82, 2.24) is 10.2 Å². The Hall–Kier alpha value is -3.09. The number of hydrogen-bond acceptors (Lipinski definition) is 3. The molecule has 2 amide bonds. The van der Waals surface area contributed by atoms with Gasteiger partial charge in [-0.1, -0.05) is 58.0 Å². The van der Waals surface area contributed by atoms with Crippen molar-refractivity contribution in [3.63, 3.8) is 0 Å². The highest BCUT2D eigenvalue weighted by atomic mass is 19.2. The Morgan fingerprint density at radius 3 is 2.17 bits per heavy atom. The van der Waals surface area contributed by atoms with Crippen LogP contribution in [0.5, 0.6) is 0 Å². The highest BCUT2D eigenvalue weighted by Crippen LogP contribution is 2.36. The zero-order valence-electron chi connectivity index (χ0n) is 21.3. The molecule has 0 spiro atoms. The number of carbonyl (C=O) groups is 3. The van der Waals surface area contributed by atoms with Crippen LogP contribution >= 0.6 is 0 Å². The lowest BCUT2D eigenvalue weighted by Gasteiger charge is -2.45. The highest BCUT2D eigenvalue weighted by molar-refractivity contribution is 6.00. The van der Waals surface area contributed by atoms with Crippen molar-refractivity contribution in [3.8, 4) is 0 Å². The van der Waals surface area contributed by atoms with E-state index in [1.807, 2.05) is 52.0 Å². The van der Waals surface area contributed by atoms with Crippen LogP contribution in [0.3, 0.4) is 0 Å². The predicted molar refractivity (Wildman–Crippen MR) is 133 cm³/mol. The van der Waals surface area contributed by atoms with Gasteiger partial charge in [0.15, 0.2) is 17.4 Å². The van der Waals surface area contributed by atoms with E-state index in [0.29, 0.717) is 19.3 Å². The number of rotatable bonds is 8. The third-order valence-electron chi connectivity index (χ3n) is 7.16. The molecule has 3 atom stereocenters. The van der Waals surface area contributed by atoms with E-state index in [0.717, 1.165) is 23.3 Å². The van der Waals surface area contributed by atoms with Crippen molar-refractivity contribution in [2.24, 2.45) is 17.8 Å². The molecular weight excluding hydrogens is 462 g/mol. The van der Waals surface area contributed by atoms with E-state index in [-0.39, 0.29) is 47.3 Å². The van der Waals surface area contributed by atoms with Crippen molar-refractivity contribution in [3.05, 3.63) is 70.8 Å². The minimum atomic E-state index is -1.17. The minimum Gasteiger partial charge on any atom is -0.342 e. The fourth-order valence-corrected chi connectivity index (χ4v) is 5.57. The lowest BCUT2D eigenvalue weighted by atomic mass is 9.86. The number of Topliss-reactive ketones (excluding diaryl/α,β-unsaturated/α-hetero) is 1. The summed E-state index contributed by atoms with van der Waals surface area (Å²) in [5.74, 6) is -3.16. The monoisotopic (exact) mass is 496 g/mol. The summed E-state index contributed by atoms with van der Waals surface area (Å²) in [6.45, 7) is 7.65. The van der Waals surface area contributed by atoms with E-state index in [2.05, 4.69) is 5.32 Å². The van der Waals surface area contributed by atoms with Crippen molar-refractivity contribution >= 4 is 17.6 Å². The van der Waals surface area contributed by atoms with Crippen LogP contribution in [0.2, 0.25) is 0 Å². The van der Waals surface area contributed by atoms with Gasteiger partial charge >= 0.3 is 0 Å². The van der Waals surface area contributed by atoms with Gasteiger partial charge in [-0.15, -0.1) is 0 Å². The molecule has 1 heterocycles. The van der Waals surface area contributed by atoms with Gasteiger partial charge < -0.3 is 10.2 Å². The fourth-order valence-electron chi connectivity index (χ4n) is 5.57. The zero-order valence-corrected chi connectivity index (χ0v) is 21.3. The molecule has 1 fully saturated rings. The molecule has 192 valence electrons. The first-order valence-corrected chi connectivity index (χ1v) is 12.7. The van der Waals surface area contributed by atoms with Gasteiger partial charge in [-0.2, -0.15) is 0 Å². The first kappa shape index (κ1) is 26.0. The highest BCUT2D eigenvalue weighted by Gasteiger charge is 2.49. The molecule has 1 saturated heterocycles. The SMILES string of the molecule is CC(C)CC(=O)[C@@H](c1ccc(F)c(F)c1)N1C(=O)[C@@H](C2Cc3ccccc3C2)NC(=O)[C@H]1CC(C)C. The van der Waals surface area contributed by atoms with Crippen LogP contribution in [0.4, 0.5) is 8.78 Å². The second-order valence-corrected chi connectivity index (χ2v) is 11.0. The minimum absolute atomic E-state index is 0.0114. The second kappa shape index (κ2) is 10.5. The van der Waals surface area contributed by atoms with Gasteiger partial charge in [-0.05, 0) is 65.8 Å². The number of ketones is 1. The Labute approximate surface area is 211 Å². The van der Waals surface area contributed by atoms with Crippen molar-refractivity contribution in [1.29, 1.82) is 0 Å². The molecule has 0 unspecified atom stereocenters. The molecule has 7 heteroatoms. The molecule has 4 rings (SSSR count). The molecule has 1 aliphatic heterocycles. The summed E-state index contributed by atoms with van der Waals surface area (Å²) in [7, 11) is 0. The molecule has 2 aromatic carbocycles. The molecule has 0 bridgehead atoms. The molecule has 5 nitrogen and oxygen atoms in total. The Morgan fingerprint density at radius 1 is 0.972 bits per heavy atom. The van der Waals surface area contributed by atoms with Crippen molar-refractivity contribution < 1.29 is 23.2 Å². The fraction of sp³-hybridized carbons (Fsp3) is 0.483. The van der Waals surface area contributed by atoms with Crippen LogP contribution in [-0.2, 0) is 27.2 Å². The lowest BCUT2D eigenvalue weighted by Crippen LogP contribution is -2.66. The molecule has 2 aromatic rings. The largest absolute Gasteiger partial charge is 0.342 e. The third-order valence-corrected chi connectivity index (χ3v) is 7.16. The molecule has 1 aliphatic carbocycles. The van der Waals surface area contributed by atoms with E-state index in [9.17, 15) is 23.2 Å². The third kappa shape index (κ3) is 5.20. The molecule has 0 aromatic heterocycles. The summed E-state index contributed by atoms with van der Waals surface area (Å²) in [4.78, 5) is 42.6. The number of carbonyl (C=O) groups excluding carboxylic acids is 3. The Morgan fingerprint density at radius 2 is 1.61 bits per heavy atom. The van der Waals surface area contributed by atoms with Gasteiger partial charge in [-0.3, -0.25) is 14.4 Å². The van der Waals surface area contributed by atoms with Crippen LogP contribution < -0.4 is 5.32 Å². The predicted octanol–water partition coefficient (Wildman–Crippen LogP) is 4.78. The lowest BCUT2D eigenvalue weighted by molar-refractivity contribution is -0.157. The van der Waals surface area contributed by atoms with E-state index < -0.39 is 29.8 Å². The van der Waals surface area contributed by atoms with Gasteiger partial charge in [0.1, 0.15) is 18.1 Å². The van der Waals surface area contributed by atoms with Gasteiger partial charge in [0.25, 0.3) is 0 Å². The Bertz CT molecular complexity index is 1140. The molecule has 0 saturated carbocycles. The van der Waals surface area contributed by atoms with Gasteiger partial charge in [0, 0.05) is 6.42 Å². The maximum absolute atomic E-state index is 14.3. The number of benzene rings is 2. The maximum Gasteiger partial charge on any atom is 0.247 e. The molecule has 36 heavy (non-hydrogen) atoms. The van der Waals surface area contributed by atoms with Gasteiger partial charge in [0.2, 0.25) is 11.8 Å². The van der Waals surface area contributed by atoms with Crippen LogP contribution in [0.1, 0.15) is 63.3 Å². The molecule has 2 aliphatic rings. The summed E-state index contributed by atoms with van der Waals surface area (Å²) in [6.07, 6.45) is 1.78. The van der Waals surface area contributed by atoms with Crippen LogP contribution in [0.25, 0.3) is 0 Å². The molecular formula is C29H34F2N2O3. The molecule has 0 radical (unpaired) electrons. The summed E-state index contributed by atoms with van der Waals surface area (Å²) in [5, 5.41) is 2.96. The van der Waals surface area contributed by atoms with Gasteiger partial charge in [-0.25, -0.2) is 8.78 Å². The average molecular weight is 497 g/mol. The smallest absolute Gasteiger partial charge is 0.247 e. The Balaban J connectivity index is 1.77. The number of piperazine rings is 1. The first-order chi connectivity index (χ1) is 17.1. The summed E-state index contributed by atoms with van der Waals surface area (Å²) >= 11 is 0. The van der Waals surface area contributed by atoms with E-state index in [1.165, 1.54) is 11.0 Å². The summed E-state index contributed by atoms with van der Waals surface area (Å²) in [6, 6.07) is 8.40. The number of nitrogens with zero attached hydrogens (tertiary/aromatic N) is 1. The number of fused-ring (bicyclic) bond motifs is 1.